The van der Waals surface area contributed by atoms with Crippen molar-refractivity contribution in [2.45, 2.75) is 18.9 Å². The molecule has 0 aliphatic carbocycles. The van der Waals surface area contributed by atoms with Crippen molar-refractivity contribution < 1.29 is 19.4 Å². The molecule has 0 spiro atoms. The molecule has 1 aromatic rings. The topological polar surface area (TPSA) is 71.0 Å². The predicted octanol–water partition coefficient (Wildman–Crippen LogP) is 2.35. The average molecular weight is 329 g/mol. The number of aliphatic hydroxyl groups excluding tert-OH is 1. The van der Waals surface area contributed by atoms with E-state index < -0.39 is 0 Å². The first-order valence-electron chi connectivity index (χ1n) is 7.26. The van der Waals surface area contributed by atoms with Gasteiger partial charge in [-0.05, 0) is 25.0 Å². The molecule has 1 atom stereocenters. The fourth-order valence-electron chi connectivity index (χ4n) is 2.46. The Labute approximate surface area is 135 Å². The van der Waals surface area contributed by atoms with Crippen LogP contribution in [-0.2, 0) is 4.74 Å². The number of ether oxygens (including phenoxy) is 2. The van der Waals surface area contributed by atoms with E-state index in [4.69, 9.17) is 21.1 Å². The largest absolute Gasteiger partial charge is 0.487 e. The number of methoxy groups -OCH3 is 1. The second-order valence-corrected chi connectivity index (χ2v) is 5.47. The smallest absolute Gasteiger partial charge is 0.322 e. The lowest BCUT2D eigenvalue weighted by Crippen LogP contribution is -2.40. The molecule has 1 fully saturated rings. The molecule has 2 N–H and O–H groups in total. The summed E-state index contributed by atoms with van der Waals surface area (Å²) in [6.07, 6.45) is 1.71. The first-order valence-corrected chi connectivity index (χ1v) is 7.64. The van der Waals surface area contributed by atoms with Gasteiger partial charge in [0.25, 0.3) is 0 Å². The highest BCUT2D eigenvalue weighted by Crippen LogP contribution is 2.33. The van der Waals surface area contributed by atoms with Gasteiger partial charge in [0.15, 0.2) is 5.75 Å². The Morgan fingerprint density at radius 3 is 3.05 bits per heavy atom. The van der Waals surface area contributed by atoms with Crippen molar-refractivity contribution in [3.63, 3.8) is 0 Å². The van der Waals surface area contributed by atoms with Gasteiger partial charge in [-0.15, -0.1) is 0 Å². The Bertz CT molecular complexity index is 512. The molecule has 0 radical (unpaired) electrons. The van der Waals surface area contributed by atoms with E-state index in [9.17, 15) is 9.90 Å². The molecule has 0 saturated carbocycles. The fraction of sp³-hybridized carbons (Fsp3) is 0.533. The second-order valence-electron chi connectivity index (χ2n) is 5.06. The van der Waals surface area contributed by atoms with E-state index in [0.717, 1.165) is 12.8 Å². The maximum absolute atomic E-state index is 12.4. The quantitative estimate of drug-likeness (QED) is 0.786. The molecular formula is C15H21ClN2O4. The number of urea groups is 1. The van der Waals surface area contributed by atoms with Crippen LogP contribution >= 0.6 is 11.6 Å². The Morgan fingerprint density at radius 1 is 1.50 bits per heavy atom. The number of benzene rings is 1. The molecule has 1 heterocycles. The number of aliphatic hydroxyl groups is 1. The molecular weight excluding hydrogens is 308 g/mol. The highest BCUT2D eigenvalue weighted by atomic mass is 35.5. The van der Waals surface area contributed by atoms with Crippen LogP contribution in [0.4, 0.5) is 10.5 Å². The molecule has 2 rings (SSSR count). The van der Waals surface area contributed by atoms with Crippen LogP contribution in [0.1, 0.15) is 12.8 Å². The summed E-state index contributed by atoms with van der Waals surface area (Å²) in [6.45, 7) is 1.38. The number of halogens is 1. The van der Waals surface area contributed by atoms with Gasteiger partial charge >= 0.3 is 6.03 Å². The minimum atomic E-state index is -0.254. The third kappa shape index (κ3) is 4.03. The first-order chi connectivity index (χ1) is 10.7. The molecule has 1 saturated heterocycles. The summed E-state index contributed by atoms with van der Waals surface area (Å²) in [4.78, 5) is 14.0. The predicted molar refractivity (Wildman–Crippen MR) is 84.7 cm³/mol. The Balaban J connectivity index is 2.08. The number of hydrogen-bond acceptors (Lipinski definition) is 4. The summed E-state index contributed by atoms with van der Waals surface area (Å²) < 4.78 is 10.5. The second kappa shape index (κ2) is 8.22. The lowest BCUT2D eigenvalue weighted by atomic mass is 10.2. The Kier molecular flexibility index (Phi) is 6.30. The molecule has 1 aliphatic rings. The number of rotatable bonds is 6. The van der Waals surface area contributed by atoms with Crippen molar-refractivity contribution in [3.05, 3.63) is 23.2 Å². The van der Waals surface area contributed by atoms with Crippen LogP contribution in [0.5, 0.6) is 5.75 Å². The van der Waals surface area contributed by atoms with Crippen LogP contribution in [-0.4, -0.2) is 55.6 Å². The van der Waals surface area contributed by atoms with Gasteiger partial charge in [0.2, 0.25) is 0 Å². The molecule has 0 bridgehead atoms. The van der Waals surface area contributed by atoms with Gasteiger partial charge in [0.05, 0.1) is 30.0 Å². The number of carbonyl (C=O) groups is 1. The zero-order valence-electron chi connectivity index (χ0n) is 12.5. The van der Waals surface area contributed by atoms with Gasteiger partial charge in [0, 0.05) is 13.7 Å². The molecule has 0 unspecified atom stereocenters. The van der Waals surface area contributed by atoms with Crippen LogP contribution in [0.15, 0.2) is 18.2 Å². The summed E-state index contributed by atoms with van der Waals surface area (Å²) in [5.74, 6) is 0.425. The highest BCUT2D eigenvalue weighted by molar-refractivity contribution is 6.32. The van der Waals surface area contributed by atoms with Gasteiger partial charge in [-0.2, -0.15) is 0 Å². The number of nitrogens with zero attached hydrogens (tertiary/aromatic N) is 1. The molecule has 22 heavy (non-hydrogen) atoms. The summed E-state index contributed by atoms with van der Waals surface area (Å²) in [5.41, 5.74) is 0.511. The van der Waals surface area contributed by atoms with Crippen LogP contribution in [0, 0.1) is 0 Å². The fourth-order valence-corrected chi connectivity index (χ4v) is 2.69. The first kappa shape index (κ1) is 16.9. The van der Waals surface area contributed by atoms with Gasteiger partial charge in [-0.3, -0.25) is 0 Å². The van der Waals surface area contributed by atoms with E-state index >= 15 is 0 Å². The monoisotopic (exact) mass is 328 g/mol. The van der Waals surface area contributed by atoms with Crippen LogP contribution < -0.4 is 10.1 Å². The zero-order valence-corrected chi connectivity index (χ0v) is 13.3. The van der Waals surface area contributed by atoms with Gasteiger partial charge < -0.3 is 24.8 Å². The van der Waals surface area contributed by atoms with E-state index in [2.05, 4.69) is 5.32 Å². The number of amides is 2. The van der Waals surface area contributed by atoms with Crippen molar-refractivity contribution >= 4 is 23.3 Å². The average Bonchev–Trinajstić information content (AvgIpc) is 2.98. The number of hydrogen-bond donors (Lipinski definition) is 2. The summed E-state index contributed by atoms with van der Waals surface area (Å²) >= 11 is 6.14. The third-order valence-electron chi connectivity index (χ3n) is 3.59. The van der Waals surface area contributed by atoms with Crippen molar-refractivity contribution in [3.8, 4) is 5.75 Å². The molecule has 2 amide bonds. The van der Waals surface area contributed by atoms with Gasteiger partial charge in [-0.1, -0.05) is 17.7 Å². The van der Waals surface area contributed by atoms with Gasteiger partial charge in [0.1, 0.15) is 6.61 Å². The highest BCUT2D eigenvalue weighted by Gasteiger charge is 2.28. The maximum atomic E-state index is 12.4. The number of likely N-dealkylation sites (tertiary alicyclic amines) is 1. The third-order valence-corrected chi connectivity index (χ3v) is 3.89. The molecule has 7 heteroatoms. The Morgan fingerprint density at radius 2 is 2.32 bits per heavy atom. The minimum Gasteiger partial charge on any atom is -0.487 e. The summed E-state index contributed by atoms with van der Waals surface area (Å²) in [5, 5.41) is 12.5. The van der Waals surface area contributed by atoms with Crippen LogP contribution in [0.25, 0.3) is 0 Å². The van der Waals surface area contributed by atoms with Crippen molar-refractivity contribution in [2.24, 2.45) is 0 Å². The standard InChI is InChI=1S/C15H21ClN2O4/c1-21-8-9-22-14-12(16)5-2-6-13(14)17-15(20)18-7-3-4-11(18)10-19/h2,5-6,11,19H,3-4,7-10H2,1H3,(H,17,20)/t11-/m0/s1. The number of anilines is 1. The molecule has 6 nitrogen and oxygen atoms in total. The number of carbonyl (C=O) groups excluding carboxylic acids is 1. The van der Waals surface area contributed by atoms with Crippen LogP contribution in [0.2, 0.25) is 5.02 Å². The lowest BCUT2D eigenvalue weighted by Gasteiger charge is -2.24. The van der Waals surface area contributed by atoms with Crippen molar-refractivity contribution in [2.75, 3.05) is 38.8 Å². The minimum absolute atomic E-state index is 0.0276. The van der Waals surface area contributed by atoms with E-state index in [-0.39, 0.29) is 18.7 Å². The zero-order chi connectivity index (χ0) is 15.9. The summed E-state index contributed by atoms with van der Waals surface area (Å²) in [7, 11) is 1.58. The molecule has 1 aliphatic heterocycles. The van der Waals surface area contributed by atoms with Crippen molar-refractivity contribution in [1.29, 1.82) is 0 Å². The normalized spacial score (nSPS) is 17.6. The van der Waals surface area contributed by atoms with E-state index in [1.807, 2.05) is 0 Å². The van der Waals surface area contributed by atoms with Gasteiger partial charge in [-0.25, -0.2) is 4.79 Å². The van der Waals surface area contributed by atoms with Crippen LogP contribution in [0.3, 0.4) is 0 Å². The number of nitrogens with one attached hydrogen (secondary N) is 1. The maximum Gasteiger partial charge on any atom is 0.322 e. The SMILES string of the molecule is COCCOc1c(Cl)cccc1NC(=O)N1CCC[C@H]1CO. The molecule has 122 valence electrons. The van der Waals surface area contributed by atoms with Crippen molar-refractivity contribution in [1.82, 2.24) is 4.90 Å². The van der Waals surface area contributed by atoms with E-state index in [0.29, 0.717) is 36.2 Å². The Hall–Kier alpha value is -1.50. The molecule has 1 aromatic carbocycles. The molecule has 0 aromatic heterocycles. The lowest BCUT2D eigenvalue weighted by molar-refractivity contribution is 0.146. The number of para-hydroxylation sites is 1. The van der Waals surface area contributed by atoms with E-state index in [1.165, 1.54) is 0 Å². The summed E-state index contributed by atoms with van der Waals surface area (Å²) in [6, 6.07) is 4.79. The van der Waals surface area contributed by atoms with E-state index in [1.54, 1.807) is 30.2 Å².